The lowest BCUT2D eigenvalue weighted by molar-refractivity contribution is -0.124. The SMILES string of the molecule is CCCCOc1ncccc1CNC(=O)C(NC(=O)c1ccc(Cl)cc1)C(C)C. The number of unbranched alkanes of at least 4 members (excludes halogenated alkanes) is 1. The highest BCUT2D eigenvalue weighted by Crippen LogP contribution is 2.15. The van der Waals surface area contributed by atoms with Gasteiger partial charge in [-0.15, -0.1) is 0 Å². The highest BCUT2D eigenvalue weighted by Gasteiger charge is 2.24. The summed E-state index contributed by atoms with van der Waals surface area (Å²) in [5.41, 5.74) is 1.25. The minimum absolute atomic E-state index is 0.0829. The van der Waals surface area contributed by atoms with Crippen LogP contribution in [0.2, 0.25) is 5.02 Å². The Balaban J connectivity index is 1.99. The van der Waals surface area contributed by atoms with E-state index in [0.29, 0.717) is 23.1 Å². The van der Waals surface area contributed by atoms with E-state index >= 15 is 0 Å². The Morgan fingerprint density at radius 3 is 2.55 bits per heavy atom. The standard InChI is InChI=1S/C22H28ClN3O3/c1-4-5-13-29-22-17(7-6-12-24-22)14-25-21(28)19(15(2)3)26-20(27)16-8-10-18(23)11-9-16/h6-12,15,19H,4-5,13-14H2,1-3H3,(H,25,28)(H,26,27). The zero-order valence-corrected chi connectivity index (χ0v) is 17.8. The molecule has 0 aliphatic heterocycles. The predicted molar refractivity (Wildman–Crippen MR) is 114 cm³/mol. The Labute approximate surface area is 177 Å². The summed E-state index contributed by atoms with van der Waals surface area (Å²) in [6.45, 7) is 6.72. The van der Waals surface area contributed by atoms with Crippen LogP contribution in [0.15, 0.2) is 42.6 Å². The molecule has 0 fully saturated rings. The van der Waals surface area contributed by atoms with Gasteiger partial charge >= 0.3 is 0 Å². The van der Waals surface area contributed by atoms with Crippen molar-refractivity contribution in [2.75, 3.05) is 6.61 Å². The van der Waals surface area contributed by atoms with Crippen LogP contribution < -0.4 is 15.4 Å². The maximum absolute atomic E-state index is 12.7. The number of nitrogens with zero attached hydrogens (tertiary/aromatic N) is 1. The number of aromatic nitrogens is 1. The molecule has 7 heteroatoms. The second kappa shape index (κ2) is 11.4. The molecule has 1 atom stereocenters. The molecule has 2 amide bonds. The van der Waals surface area contributed by atoms with Gasteiger partial charge in [0.2, 0.25) is 11.8 Å². The van der Waals surface area contributed by atoms with E-state index < -0.39 is 6.04 Å². The molecule has 1 unspecified atom stereocenters. The maximum atomic E-state index is 12.7. The van der Waals surface area contributed by atoms with Crippen molar-refractivity contribution in [2.24, 2.45) is 5.92 Å². The fourth-order valence-corrected chi connectivity index (χ4v) is 2.78. The minimum atomic E-state index is -0.667. The summed E-state index contributed by atoms with van der Waals surface area (Å²) in [6.07, 6.45) is 3.63. The Hall–Kier alpha value is -2.60. The summed E-state index contributed by atoms with van der Waals surface area (Å²) in [4.78, 5) is 29.5. The van der Waals surface area contributed by atoms with E-state index in [4.69, 9.17) is 16.3 Å². The van der Waals surface area contributed by atoms with Crippen molar-refractivity contribution in [1.29, 1.82) is 0 Å². The second-order valence-electron chi connectivity index (χ2n) is 7.09. The van der Waals surface area contributed by atoms with Crippen LogP contribution in [0.5, 0.6) is 5.88 Å². The van der Waals surface area contributed by atoms with Gasteiger partial charge in [0, 0.05) is 28.9 Å². The van der Waals surface area contributed by atoms with Gasteiger partial charge in [0.15, 0.2) is 0 Å². The van der Waals surface area contributed by atoms with Gasteiger partial charge in [0.25, 0.3) is 5.91 Å². The van der Waals surface area contributed by atoms with Crippen LogP contribution in [0.3, 0.4) is 0 Å². The minimum Gasteiger partial charge on any atom is -0.477 e. The van der Waals surface area contributed by atoms with Gasteiger partial charge in [0.05, 0.1) is 6.61 Å². The van der Waals surface area contributed by atoms with Gasteiger partial charge in [0.1, 0.15) is 6.04 Å². The molecule has 1 aromatic heterocycles. The zero-order valence-electron chi connectivity index (χ0n) is 17.1. The molecule has 1 heterocycles. The maximum Gasteiger partial charge on any atom is 0.251 e. The molecule has 2 N–H and O–H groups in total. The highest BCUT2D eigenvalue weighted by molar-refractivity contribution is 6.30. The smallest absolute Gasteiger partial charge is 0.251 e. The lowest BCUT2D eigenvalue weighted by Gasteiger charge is -2.22. The van der Waals surface area contributed by atoms with E-state index in [-0.39, 0.29) is 24.3 Å². The first-order chi connectivity index (χ1) is 13.9. The molecule has 6 nitrogen and oxygen atoms in total. The van der Waals surface area contributed by atoms with Crippen molar-refractivity contribution >= 4 is 23.4 Å². The number of ether oxygens (including phenoxy) is 1. The van der Waals surface area contributed by atoms with E-state index in [1.165, 1.54) is 0 Å². The lowest BCUT2D eigenvalue weighted by atomic mass is 10.0. The summed E-state index contributed by atoms with van der Waals surface area (Å²) in [7, 11) is 0. The van der Waals surface area contributed by atoms with Gasteiger partial charge in [-0.3, -0.25) is 9.59 Å². The molecule has 0 spiro atoms. The number of amides is 2. The van der Waals surface area contributed by atoms with Gasteiger partial charge in [-0.1, -0.05) is 44.9 Å². The van der Waals surface area contributed by atoms with Gasteiger partial charge in [-0.05, 0) is 42.7 Å². The Kier molecular flexibility index (Phi) is 8.93. The molecule has 2 rings (SSSR count). The van der Waals surface area contributed by atoms with Crippen LogP contribution in [0.4, 0.5) is 0 Å². The average Bonchev–Trinajstić information content (AvgIpc) is 2.71. The fourth-order valence-electron chi connectivity index (χ4n) is 2.65. The van der Waals surface area contributed by atoms with Crippen molar-refractivity contribution in [1.82, 2.24) is 15.6 Å². The molecule has 1 aromatic carbocycles. The second-order valence-corrected chi connectivity index (χ2v) is 7.53. The number of benzene rings is 1. The molecule has 156 valence electrons. The monoisotopic (exact) mass is 417 g/mol. The summed E-state index contributed by atoms with van der Waals surface area (Å²) in [5, 5.41) is 6.24. The van der Waals surface area contributed by atoms with Crippen molar-refractivity contribution < 1.29 is 14.3 Å². The van der Waals surface area contributed by atoms with Crippen LogP contribution in [0.1, 0.15) is 49.5 Å². The first-order valence-corrected chi connectivity index (χ1v) is 10.2. The van der Waals surface area contributed by atoms with E-state index in [0.717, 1.165) is 18.4 Å². The van der Waals surface area contributed by atoms with E-state index in [1.807, 2.05) is 19.9 Å². The number of halogens is 1. The van der Waals surface area contributed by atoms with Gasteiger partial charge in [-0.25, -0.2) is 4.98 Å². The van der Waals surface area contributed by atoms with Crippen LogP contribution in [0, 0.1) is 5.92 Å². The summed E-state index contributed by atoms with van der Waals surface area (Å²) >= 11 is 5.86. The van der Waals surface area contributed by atoms with E-state index in [1.54, 1.807) is 36.5 Å². The van der Waals surface area contributed by atoms with Crippen molar-refractivity contribution in [3.8, 4) is 5.88 Å². The zero-order chi connectivity index (χ0) is 21.2. The van der Waals surface area contributed by atoms with Crippen LogP contribution in [-0.2, 0) is 11.3 Å². The molecule has 29 heavy (non-hydrogen) atoms. The molecule has 0 aliphatic rings. The Morgan fingerprint density at radius 1 is 1.17 bits per heavy atom. The van der Waals surface area contributed by atoms with Crippen molar-refractivity contribution in [3.05, 3.63) is 58.7 Å². The van der Waals surface area contributed by atoms with Crippen LogP contribution in [-0.4, -0.2) is 29.4 Å². The third-order valence-corrected chi connectivity index (χ3v) is 4.63. The number of hydrogen-bond acceptors (Lipinski definition) is 4. The van der Waals surface area contributed by atoms with Gasteiger partial charge < -0.3 is 15.4 Å². The van der Waals surface area contributed by atoms with Crippen molar-refractivity contribution in [2.45, 2.75) is 46.2 Å². The van der Waals surface area contributed by atoms with Gasteiger partial charge in [-0.2, -0.15) is 0 Å². The van der Waals surface area contributed by atoms with Crippen molar-refractivity contribution in [3.63, 3.8) is 0 Å². The lowest BCUT2D eigenvalue weighted by Crippen LogP contribution is -2.49. The molecule has 0 radical (unpaired) electrons. The predicted octanol–water partition coefficient (Wildman–Crippen LogP) is 3.98. The number of carbonyl (C=O) groups excluding carboxylic acids is 2. The first kappa shape index (κ1) is 22.7. The van der Waals surface area contributed by atoms with Crippen LogP contribution in [0.25, 0.3) is 0 Å². The molecule has 0 aliphatic carbocycles. The molecule has 0 saturated carbocycles. The van der Waals surface area contributed by atoms with Crippen LogP contribution >= 0.6 is 11.6 Å². The molecule has 0 saturated heterocycles. The average molecular weight is 418 g/mol. The molecular formula is C22H28ClN3O3. The quantitative estimate of drug-likeness (QED) is 0.573. The third-order valence-electron chi connectivity index (χ3n) is 4.38. The number of rotatable bonds is 10. The third kappa shape index (κ3) is 7.06. The number of hydrogen-bond donors (Lipinski definition) is 2. The molecule has 2 aromatic rings. The highest BCUT2D eigenvalue weighted by atomic mass is 35.5. The summed E-state index contributed by atoms with van der Waals surface area (Å²) in [5.74, 6) is -0.140. The molecule has 0 bridgehead atoms. The topological polar surface area (TPSA) is 80.3 Å². The summed E-state index contributed by atoms with van der Waals surface area (Å²) in [6, 6.07) is 9.54. The van der Waals surface area contributed by atoms with E-state index in [9.17, 15) is 9.59 Å². The number of carbonyl (C=O) groups is 2. The van der Waals surface area contributed by atoms with E-state index in [2.05, 4.69) is 22.5 Å². The Morgan fingerprint density at radius 2 is 1.90 bits per heavy atom. The largest absolute Gasteiger partial charge is 0.477 e. The first-order valence-electron chi connectivity index (χ1n) is 9.83. The fraction of sp³-hybridized carbons (Fsp3) is 0.409. The number of nitrogens with one attached hydrogen (secondary N) is 2. The summed E-state index contributed by atoms with van der Waals surface area (Å²) < 4.78 is 5.71. The number of pyridine rings is 1. The molecular weight excluding hydrogens is 390 g/mol. The Bertz CT molecular complexity index is 809. The normalized spacial score (nSPS) is 11.8.